The minimum Gasteiger partial charge on any atom is -0.410 e. The third-order valence-electron chi connectivity index (χ3n) is 11.7. The lowest BCUT2D eigenvalue weighted by Gasteiger charge is -2.64. The molecule has 5 rings (SSSR count). The van der Waals surface area contributed by atoms with Crippen LogP contribution in [0.3, 0.4) is 0 Å². The van der Waals surface area contributed by atoms with Gasteiger partial charge in [-0.3, -0.25) is 9.59 Å². The number of ether oxygens (including phenoxy) is 2. The molecule has 0 radical (unpaired) electrons. The molecule has 6 heteroatoms. The monoisotopic (exact) mass is 516 g/mol. The highest BCUT2D eigenvalue weighted by Gasteiger charge is 2.72. The number of hydrogen-bond acceptors (Lipinski definition) is 5. The maximum Gasteiger partial charge on any atom is 0.192 e. The van der Waals surface area contributed by atoms with Crippen molar-refractivity contribution in [2.45, 2.75) is 129 Å². The summed E-state index contributed by atoms with van der Waals surface area (Å²) in [6.45, 7) is 16.2. The molecule has 4 aliphatic carbocycles. The highest BCUT2D eigenvalue weighted by Crippen LogP contribution is 2.70. The van der Waals surface area contributed by atoms with Crippen LogP contribution in [0.2, 0.25) is 18.1 Å². The van der Waals surface area contributed by atoms with Crippen LogP contribution in [-0.4, -0.2) is 44.0 Å². The Balaban J connectivity index is 1.62. The molecule has 202 valence electrons. The average molecular weight is 517 g/mol. The second-order valence-electron chi connectivity index (χ2n) is 13.5. The first-order valence-corrected chi connectivity index (χ1v) is 17.2. The summed E-state index contributed by atoms with van der Waals surface area (Å²) in [5.41, 5.74) is 0.435. The molecule has 0 aromatic heterocycles. The van der Waals surface area contributed by atoms with E-state index >= 15 is 0 Å². The summed E-state index contributed by atoms with van der Waals surface area (Å²) < 4.78 is 20.3. The molecule has 0 N–H and O–H groups in total. The summed E-state index contributed by atoms with van der Waals surface area (Å²) in [5, 5.41) is 0. The van der Waals surface area contributed by atoms with Gasteiger partial charge in [0.25, 0.3) is 0 Å². The van der Waals surface area contributed by atoms with Gasteiger partial charge in [0.15, 0.2) is 19.9 Å². The Hall–Kier alpha value is -0.823. The molecule has 0 aromatic rings. The van der Waals surface area contributed by atoms with E-state index < -0.39 is 14.1 Å². The molecule has 1 unspecified atom stereocenters. The average Bonchev–Trinajstić information content (AvgIpc) is 3.33. The van der Waals surface area contributed by atoms with E-state index in [4.69, 9.17) is 13.9 Å². The first kappa shape index (κ1) is 26.8. The summed E-state index contributed by atoms with van der Waals surface area (Å²) in [6.07, 6.45) is 7.69. The largest absolute Gasteiger partial charge is 0.410 e. The number of carbonyl (C=O) groups is 2. The van der Waals surface area contributed by atoms with E-state index in [9.17, 15) is 9.59 Å². The van der Waals surface area contributed by atoms with Crippen molar-refractivity contribution in [3.05, 3.63) is 11.6 Å². The maximum atomic E-state index is 14.3. The Labute approximate surface area is 219 Å². The summed E-state index contributed by atoms with van der Waals surface area (Å²) in [7, 11) is -1.97. The molecule has 4 fully saturated rings. The molecule has 1 aliphatic heterocycles. The van der Waals surface area contributed by atoms with Crippen molar-refractivity contribution in [2.75, 3.05) is 6.61 Å². The van der Waals surface area contributed by atoms with Gasteiger partial charge in [-0.15, -0.1) is 0 Å². The number of hydrogen-bond donors (Lipinski definition) is 0. The van der Waals surface area contributed by atoms with Crippen molar-refractivity contribution in [3.63, 3.8) is 0 Å². The first-order valence-electron chi connectivity index (χ1n) is 14.7. The Morgan fingerprint density at radius 3 is 2.28 bits per heavy atom. The van der Waals surface area contributed by atoms with Gasteiger partial charge in [0, 0.05) is 24.2 Å². The van der Waals surface area contributed by atoms with Gasteiger partial charge in [0.1, 0.15) is 5.78 Å². The van der Waals surface area contributed by atoms with Crippen LogP contribution in [0.15, 0.2) is 11.6 Å². The van der Waals surface area contributed by atoms with E-state index in [0.29, 0.717) is 25.2 Å². The van der Waals surface area contributed by atoms with Gasteiger partial charge in [-0.2, -0.15) is 0 Å². The number of carbonyl (C=O) groups excluding carboxylic acids is 2. The molecule has 5 nitrogen and oxygen atoms in total. The van der Waals surface area contributed by atoms with Crippen LogP contribution in [-0.2, 0) is 23.5 Å². The standard InChI is InChI=1S/C30H48O5Si/c1-8-36(9-2,10-3)35-30-16-14-22(25-19-33-27(4,5)34-25)29(30,7)18-24(32)26-23(30)12-11-20-17-21(31)13-15-28(20,26)6/h17,22-23,25-26H,8-16,18-19H2,1-7H3/t22-,23-,25?,26-,28+,29-,30+/m1/s1. The fourth-order valence-corrected chi connectivity index (χ4v) is 12.6. The van der Waals surface area contributed by atoms with Crippen molar-refractivity contribution in [1.29, 1.82) is 0 Å². The van der Waals surface area contributed by atoms with Crippen LogP contribution in [0.1, 0.15) is 93.4 Å². The van der Waals surface area contributed by atoms with Gasteiger partial charge in [0.2, 0.25) is 0 Å². The fourth-order valence-electron chi connectivity index (χ4n) is 9.45. The van der Waals surface area contributed by atoms with E-state index in [1.165, 1.54) is 5.57 Å². The number of ketones is 2. The second-order valence-corrected chi connectivity index (χ2v) is 18.2. The summed E-state index contributed by atoms with van der Waals surface area (Å²) in [6, 6.07) is 3.34. The lowest BCUT2D eigenvalue weighted by atomic mass is 9.44. The van der Waals surface area contributed by atoms with Crippen LogP contribution in [0.4, 0.5) is 0 Å². The van der Waals surface area contributed by atoms with Crippen molar-refractivity contribution < 1.29 is 23.5 Å². The number of Topliss-reactive ketones (excluding diaryl/α,β-unsaturated/α-hetero) is 1. The zero-order chi connectivity index (χ0) is 26.1. The zero-order valence-electron chi connectivity index (χ0n) is 23.7. The van der Waals surface area contributed by atoms with Crippen LogP contribution in [0, 0.1) is 28.6 Å². The fraction of sp³-hybridized carbons (Fsp3) is 0.867. The lowest BCUT2D eigenvalue weighted by Crippen LogP contribution is -2.68. The van der Waals surface area contributed by atoms with Gasteiger partial charge in [-0.1, -0.05) is 40.2 Å². The Kier molecular flexibility index (Phi) is 6.59. The molecule has 3 saturated carbocycles. The van der Waals surface area contributed by atoms with E-state index in [-0.39, 0.29) is 46.1 Å². The molecule has 1 heterocycles. The van der Waals surface area contributed by atoms with Crippen LogP contribution in [0.5, 0.6) is 0 Å². The van der Waals surface area contributed by atoms with E-state index in [1.807, 2.05) is 19.9 Å². The quantitative estimate of drug-likeness (QED) is 0.372. The van der Waals surface area contributed by atoms with Gasteiger partial charge < -0.3 is 13.9 Å². The topological polar surface area (TPSA) is 61.8 Å². The molecule has 1 saturated heterocycles. The number of fused-ring (bicyclic) bond motifs is 5. The van der Waals surface area contributed by atoms with Crippen LogP contribution in [0.25, 0.3) is 0 Å². The minimum atomic E-state index is -1.97. The van der Waals surface area contributed by atoms with Gasteiger partial charge in [-0.05, 0) is 87.4 Å². The molecule has 7 atom stereocenters. The van der Waals surface area contributed by atoms with Crippen molar-refractivity contribution in [1.82, 2.24) is 0 Å². The summed E-state index contributed by atoms with van der Waals surface area (Å²) >= 11 is 0. The molecule has 0 aromatic carbocycles. The molecule has 0 bridgehead atoms. The third-order valence-corrected chi connectivity index (χ3v) is 16.3. The van der Waals surface area contributed by atoms with Crippen molar-refractivity contribution in [3.8, 4) is 0 Å². The van der Waals surface area contributed by atoms with Gasteiger partial charge >= 0.3 is 0 Å². The molecular weight excluding hydrogens is 468 g/mol. The van der Waals surface area contributed by atoms with Gasteiger partial charge in [0.05, 0.1) is 18.3 Å². The zero-order valence-corrected chi connectivity index (χ0v) is 24.7. The van der Waals surface area contributed by atoms with Crippen LogP contribution < -0.4 is 0 Å². The van der Waals surface area contributed by atoms with Crippen molar-refractivity contribution >= 4 is 19.9 Å². The predicted octanol–water partition coefficient (Wildman–Crippen LogP) is 6.61. The Bertz CT molecular complexity index is 945. The van der Waals surface area contributed by atoms with Crippen molar-refractivity contribution in [2.24, 2.45) is 28.6 Å². The van der Waals surface area contributed by atoms with E-state index in [1.54, 1.807) is 0 Å². The number of allylic oxidation sites excluding steroid dienone is 1. The molecular formula is C30H48O5Si. The first-order chi connectivity index (χ1) is 16.9. The van der Waals surface area contributed by atoms with Crippen LogP contribution >= 0.6 is 0 Å². The minimum absolute atomic E-state index is 0.00251. The Morgan fingerprint density at radius 2 is 1.67 bits per heavy atom. The number of rotatable bonds is 6. The Morgan fingerprint density at radius 1 is 0.972 bits per heavy atom. The van der Waals surface area contributed by atoms with Gasteiger partial charge in [-0.25, -0.2) is 0 Å². The SMILES string of the molecule is CC[Si](CC)(CC)O[C@]12CC[C@H](C3COC(C)(C)O3)[C@@]1(C)CC(=O)[C@H]1[C@H]2CCC2=CC(=O)CC[C@@]21C. The predicted molar refractivity (Wildman–Crippen MR) is 143 cm³/mol. The molecule has 0 amide bonds. The maximum absolute atomic E-state index is 14.3. The highest BCUT2D eigenvalue weighted by atomic mass is 28.4. The summed E-state index contributed by atoms with van der Waals surface area (Å²) in [5.74, 6) is 0.458. The van der Waals surface area contributed by atoms with E-state index in [2.05, 4.69) is 34.6 Å². The summed E-state index contributed by atoms with van der Waals surface area (Å²) in [4.78, 5) is 26.6. The normalized spacial score (nSPS) is 44.1. The molecule has 5 aliphatic rings. The lowest BCUT2D eigenvalue weighted by molar-refractivity contribution is -0.194. The second kappa shape index (κ2) is 8.86. The molecule has 36 heavy (non-hydrogen) atoms. The smallest absolute Gasteiger partial charge is 0.192 e. The third kappa shape index (κ3) is 3.71. The highest BCUT2D eigenvalue weighted by molar-refractivity contribution is 6.73. The molecule has 0 spiro atoms. The van der Waals surface area contributed by atoms with E-state index in [0.717, 1.165) is 50.2 Å².